The summed E-state index contributed by atoms with van der Waals surface area (Å²) in [5.74, 6) is 5.91. The minimum absolute atomic E-state index is 0.0771. The Labute approximate surface area is 88.2 Å². The second-order valence-corrected chi connectivity index (χ2v) is 3.67. The molecule has 0 radical (unpaired) electrons. The Balaban J connectivity index is 4.12. The highest BCUT2D eigenvalue weighted by molar-refractivity contribution is 4.97. The molecule has 2 nitrogen and oxygen atoms in total. The van der Waals surface area contributed by atoms with Crippen LogP contribution in [0.2, 0.25) is 0 Å². The van der Waals surface area contributed by atoms with Crippen molar-refractivity contribution in [2.24, 2.45) is 5.73 Å². The van der Waals surface area contributed by atoms with Crippen molar-refractivity contribution in [1.82, 2.24) is 0 Å². The lowest BCUT2D eigenvalue weighted by molar-refractivity contribution is -0.0476. The van der Waals surface area contributed by atoms with Gasteiger partial charge in [0.1, 0.15) is 0 Å². The van der Waals surface area contributed by atoms with Gasteiger partial charge in [0.15, 0.2) is 0 Å². The summed E-state index contributed by atoms with van der Waals surface area (Å²) < 4.78 is 5.70. The number of rotatable bonds is 6. The van der Waals surface area contributed by atoms with Crippen molar-refractivity contribution in [2.75, 3.05) is 6.61 Å². The summed E-state index contributed by atoms with van der Waals surface area (Å²) in [7, 11) is 0. The molecule has 0 rings (SSSR count). The summed E-state index contributed by atoms with van der Waals surface area (Å²) >= 11 is 0. The van der Waals surface area contributed by atoms with E-state index in [2.05, 4.69) is 25.7 Å². The van der Waals surface area contributed by atoms with Gasteiger partial charge in [-0.15, -0.1) is 11.8 Å². The smallest absolute Gasteiger partial charge is 0.0802 e. The molecule has 0 heterocycles. The standard InChI is InChI=1S/C12H23NO/c1-5-8-9-10-11(13)12(4,6-2)14-7-3/h11H,6-7,9-10,13H2,1-4H3. The molecule has 2 N–H and O–H groups in total. The van der Waals surface area contributed by atoms with E-state index in [1.165, 1.54) is 0 Å². The Kier molecular flexibility index (Phi) is 6.61. The second kappa shape index (κ2) is 6.86. The fourth-order valence-corrected chi connectivity index (χ4v) is 1.46. The molecular weight excluding hydrogens is 174 g/mol. The van der Waals surface area contributed by atoms with Gasteiger partial charge < -0.3 is 10.5 Å². The van der Waals surface area contributed by atoms with Gasteiger partial charge in [0.25, 0.3) is 0 Å². The summed E-state index contributed by atoms with van der Waals surface area (Å²) in [6.45, 7) is 8.78. The van der Waals surface area contributed by atoms with Crippen molar-refractivity contribution in [3.05, 3.63) is 0 Å². The molecule has 0 aliphatic heterocycles. The van der Waals surface area contributed by atoms with Crippen LogP contribution in [-0.4, -0.2) is 18.2 Å². The van der Waals surface area contributed by atoms with Crippen LogP contribution in [0.25, 0.3) is 0 Å². The second-order valence-electron chi connectivity index (χ2n) is 3.67. The van der Waals surface area contributed by atoms with Crippen LogP contribution in [0.5, 0.6) is 0 Å². The van der Waals surface area contributed by atoms with Crippen molar-refractivity contribution < 1.29 is 4.74 Å². The lowest BCUT2D eigenvalue weighted by Gasteiger charge is -2.34. The van der Waals surface area contributed by atoms with Crippen LogP contribution in [0.4, 0.5) is 0 Å². The highest BCUT2D eigenvalue weighted by atomic mass is 16.5. The molecule has 0 aromatic heterocycles. The number of hydrogen-bond acceptors (Lipinski definition) is 2. The van der Waals surface area contributed by atoms with Crippen LogP contribution in [0.1, 0.15) is 47.0 Å². The third-order valence-electron chi connectivity index (χ3n) is 2.72. The van der Waals surface area contributed by atoms with E-state index >= 15 is 0 Å². The van der Waals surface area contributed by atoms with Crippen LogP contribution in [-0.2, 0) is 4.74 Å². The molecule has 0 saturated carbocycles. The monoisotopic (exact) mass is 197 g/mol. The van der Waals surface area contributed by atoms with Gasteiger partial charge in [-0.1, -0.05) is 6.92 Å². The molecule has 82 valence electrons. The van der Waals surface area contributed by atoms with E-state index in [1.807, 2.05) is 13.8 Å². The molecule has 0 bridgehead atoms. The summed E-state index contributed by atoms with van der Waals surface area (Å²) in [6.07, 6.45) is 2.72. The third kappa shape index (κ3) is 4.13. The topological polar surface area (TPSA) is 35.2 Å². The SMILES string of the molecule is CC#CCCC(N)C(C)(CC)OCC. The predicted molar refractivity (Wildman–Crippen MR) is 61.0 cm³/mol. The zero-order valence-electron chi connectivity index (χ0n) is 9.89. The van der Waals surface area contributed by atoms with Crippen LogP contribution < -0.4 is 5.73 Å². The predicted octanol–water partition coefficient (Wildman–Crippen LogP) is 2.32. The van der Waals surface area contributed by atoms with Crippen LogP contribution in [0.3, 0.4) is 0 Å². The molecule has 0 aromatic carbocycles. The largest absolute Gasteiger partial charge is 0.374 e. The quantitative estimate of drug-likeness (QED) is 0.663. The lowest BCUT2D eigenvalue weighted by Crippen LogP contribution is -2.47. The van der Waals surface area contributed by atoms with Gasteiger partial charge in [0.05, 0.1) is 5.60 Å². The Bertz CT molecular complexity index is 204. The van der Waals surface area contributed by atoms with E-state index in [0.717, 1.165) is 25.9 Å². The van der Waals surface area contributed by atoms with Gasteiger partial charge in [0, 0.05) is 19.1 Å². The van der Waals surface area contributed by atoms with Gasteiger partial charge in [-0.25, -0.2) is 0 Å². The highest BCUT2D eigenvalue weighted by Crippen LogP contribution is 2.21. The molecule has 14 heavy (non-hydrogen) atoms. The van der Waals surface area contributed by atoms with Gasteiger partial charge in [0.2, 0.25) is 0 Å². The average molecular weight is 197 g/mol. The third-order valence-corrected chi connectivity index (χ3v) is 2.72. The molecule has 0 saturated heterocycles. The first-order chi connectivity index (χ1) is 6.60. The first-order valence-corrected chi connectivity index (χ1v) is 5.39. The van der Waals surface area contributed by atoms with E-state index in [4.69, 9.17) is 10.5 Å². The molecule has 0 spiro atoms. The first-order valence-electron chi connectivity index (χ1n) is 5.39. The normalized spacial score (nSPS) is 16.6. The molecule has 2 unspecified atom stereocenters. The van der Waals surface area contributed by atoms with Gasteiger partial charge >= 0.3 is 0 Å². The summed E-state index contributed by atoms with van der Waals surface area (Å²) in [5, 5.41) is 0. The zero-order valence-corrected chi connectivity index (χ0v) is 9.89. The fraction of sp³-hybridized carbons (Fsp3) is 0.833. The van der Waals surface area contributed by atoms with E-state index in [-0.39, 0.29) is 11.6 Å². The molecular formula is C12H23NO. The minimum Gasteiger partial charge on any atom is -0.374 e. The number of ether oxygens (including phenoxy) is 1. The number of nitrogens with two attached hydrogens (primary N) is 1. The summed E-state index contributed by atoms with van der Waals surface area (Å²) in [4.78, 5) is 0. The molecule has 0 aliphatic carbocycles. The Morgan fingerprint density at radius 3 is 2.50 bits per heavy atom. The van der Waals surface area contributed by atoms with Crippen molar-refractivity contribution >= 4 is 0 Å². The van der Waals surface area contributed by atoms with E-state index < -0.39 is 0 Å². The Morgan fingerprint density at radius 1 is 1.43 bits per heavy atom. The maximum absolute atomic E-state index is 6.10. The summed E-state index contributed by atoms with van der Waals surface area (Å²) in [5.41, 5.74) is 5.91. The van der Waals surface area contributed by atoms with E-state index in [9.17, 15) is 0 Å². The maximum atomic E-state index is 6.10. The molecule has 0 aromatic rings. The summed E-state index contributed by atoms with van der Waals surface area (Å²) in [6, 6.07) is 0.0771. The minimum atomic E-state index is -0.190. The lowest BCUT2D eigenvalue weighted by atomic mass is 9.90. The Morgan fingerprint density at radius 2 is 2.07 bits per heavy atom. The zero-order chi connectivity index (χ0) is 11.0. The van der Waals surface area contributed by atoms with Gasteiger partial charge in [-0.3, -0.25) is 0 Å². The molecule has 0 amide bonds. The van der Waals surface area contributed by atoms with Crippen LogP contribution in [0, 0.1) is 11.8 Å². The molecule has 0 aliphatic rings. The molecule has 2 atom stereocenters. The molecule has 0 fully saturated rings. The molecule has 2 heteroatoms. The average Bonchev–Trinajstić information content (AvgIpc) is 2.18. The van der Waals surface area contributed by atoms with Crippen molar-refractivity contribution in [2.45, 2.75) is 58.6 Å². The fourth-order valence-electron chi connectivity index (χ4n) is 1.46. The van der Waals surface area contributed by atoms with Crippen LogP contribution in [0.15, 0.2) is 0 Å². The van der Waals surface area contributed by atoms with Crippen molar-refractivity contribution in [1.29, 1.82) is 0 Å². The van der Waals surface area contributed by atoms with Crippen molar-refractivity contribution in [3.8, 4) is 11.8 Å². The first kappa shape index (κ1) is 13.5. The van der Waals surface area contributed by atoms with Crippen LogP contribution >= 0.6 is 0 Å². The maximum Gasteiger partial charge on any atom is 0.0802 e. The van der Waals surface area contributed by atoms with E-state index in [0.29, 0.717) is 0 Å². The highest BCUT2D eigenvalue weighted by Gasteiger charge is 2.29. The van der Waals surface area contributed by atoms with Gasteiger partial charge in [-0.2, -0.15) is 0 Å². The Hall–Kier alpha value is -0.520. The van der Waals surface area contributed by atoms with Crippen molar-refractivity contribution in [3.63, 3.8) is 0 Å². The van der Waals surface area contributed by atoms with Gasteiger partial charge in [-0.05, 0) is 33.6 Å². The number of hydrogen-bond donors (Lipinski definition) is 1. The van der Waals surface area contributed by atoms with E-state index in [1.54, 1.807) is 0 Å².